The zero-order valence-electron chi connectivity index (χ0n) is 8.51. The van der Waals surface area contributed by atoms with Crippen LogP contribution in [0.25, 0.3) is 0 Å². The van der Waals surface area contributed by atoms with Crippen LogP contribution in [-0.4, -0.2) is 28.3 Å². The highest BCUT2D eigenvalue weighted by molar-refractivity contribution is 8.14. The molecule has 1 aromatic carbocycles. The smallest absolute Gasteiger partial charge is 0.260 e. The minimum absolute atomic E-state index is 0.0391. The van der Waals surface area contributed by atoms with Crippen LogP contribution in [0.3, 0.4) is 0 Å². The second-order valence-electron chi connectivity index (χ2n) is 3.18. The van der Waals surface area contributed by atoms with Crippen molar-refractivity contribution in [1.29, 1.82) is 0 Å². The Morgan fingerprint density at radius 3 is 2.80 bits per heavy atom. The van der Waals surface area contributed by atoms with Crippen LogP contribution in [0.1, 0.15) is 12.5 Å². The highest BCUT2D eigenvalue weighted by atomic mass is 32.2. The zero-order chi connectivity index (χ0) is 10.7. The maximum atomic E-state index is 11.4. The van der Waals surface area contributed by atoms with Crippen molar-refractivity contribution in [3.63, 3.8) is 0 Å². The van der Waals surface area contributed by atoms with Gasteiger partial charge < -0.3 is 0 Å². The van der Waals surface area contributed by atoms with Crippen LogP contribution < -0.4 is 0 Å². The molecular weight excluding hydrogens is 208 g/mol. The van der Waals surface area contributed by atoms with Crippen LogP contribution in [0.15, 0.2) is 35.4 Å². The third-order valence-corrected chi connectivity index (χ3v) is 3.07. The Labute approximate surface area is 93.2 Å². The Bertz CT molecular complexity index is 389. The van der Waals surface area contributed by atoms with Crippen molar-refractivity contribution >= 4 is 22.7 Å². The van der Waals surface area contributed by atoms with Gasteiger partial charge in [-0.1, -0.05) is 42.1 Å². The number of amides is 1. The van der Waals surface area contributed by atoms with Crippen molar-refractivity contribution in [2.24, 2.45) is 5.10 Å². The lowest BCUT2D eigenvalue weighted by atomic mass is 10.1. The molecule has 1 heterocycles. The van der Waals surface area contributed by atoms with Gasteiger partial charge in [0, 0.05) is 12.3 Å². The lowest BCUT2D eigenvalue weighted by Crippen LogP contribution is -2.29. The molecule has 0 radical (unpaired) electrons. The van der Waals surface area contributed by atoms with E-state index in [-0.39, 0.29) is 5.24 Å². The molecule has 0 saturated heterocycles. The molecule has 15 heavy (non-hydrogen) atoms. The molecule has 0 saturated carbocycles. The first kappa shape index (κ1) is 10.2. The minimum atomic E-state index is 0.0391. The summed E-state index contributed by atoms with van der Waals surface area (Å²) in [7, 11) is 0. The lowest BCUT2D eigenvalue weighted by Gasteiger charge is -2.21. The van der Waals surface area contributed by atoms with E-state index in [1.54, 1.807) is 0 Å². The summed E-state index contributed by atoms with van der Waals surface area (Å²) < 4.78 is 0. The first-order valence-corrected chi connectivity index (χ1v) is 5.87. The number of benzene rings is 1. The van der Waals surface area contributed by atoms with E-state index in [1.165, 1.54) is 16.8 Å². The number of nitrogens with zero attached hydrogens (tertiary/aromatic N) is 2. The van der Waals surface area contributed by atoms with Crippen molar-refractivity contribution in [3.8, 4) is 0 Å². The van der Waals surface area contributed by atoms with Gasteiger partial charge in [-0.3, -0.25) is 4.79 Å². The van der Waals surface area contributed by atoms with Gasteiger partial charge in [0.15, 0.2) is 0 Å². The Kier molecular flexibility index (Phi) is 3.06. The monoisotopic (exact) mass is 220 g/mol. The van der Waals surface area contributed by atoms with Gasteiger partial charge >= 0.3 is 5.24 Å². The highest BCUT2D eigenvalue weighted by Gasteiger charge is 2.20. The summed E-state index contributed by atoms with van der Waals surface area (Å²) in [6.45, 7) is 2.55. The SMILES string of the molecule is CCN1N=C(c2ccccc2)CSC1=O. The topological polar surface area (TPSA) is 32.7 Å². The fraction of sp³-hybridized carbons (Fsp3) is 0.273. The molecule has 1 amide bonds. The Hall–Kier alpha value is -1.29. The largest absolute Gasteiger partial charge is 0.302 e. The Morgan fingerprint density at radius 1 is 1.40 bits per heavy atom. The van der Waals surface area contributed by atoms with E-state index in [0.717, 1.165) is 11.3 Å². The molecule has 0 bridgehead atoms. The van der Waals surface area contributed by atoms with Crippen molar-refractivity contribution in [2.75, 3.05) is 12.3 Å². The van der Waals surface area contributed by atoms with Crippen LogP contribution in [0.2, 0.25) is 0 Å². The quantitative estimate of drug-likeness (QED) is 0.767. The lowest BCUT2D eigenvalue weighted by molar-refractivity contribution is 0.227. The van der Waals surface area contributed by atoms with E-state index in [9.17, 15) is 4.79 Å². The van der Waals surface area contributed by atoms with E-state index < -0.39 is 0 Å². The molecule has 0 N–H and O–H groups in total. The molecule has 4 heteroatoms. The second-order valence-corrected chi connectivity index (χ2v) is 4.11. The predicted octanol–water partition coefficient (Wildman–Crippen LogP) is 2.58. The molecule has 78 valence electrons. The maximum Gasteiger partial charge on any atom is 0.302 e. The van der Waals surface area contributed by atoms with Gasteiger partial charge in [0.25, 0.3) is 0 Å². The predicted molar refractivity (Wildman–Crippen MR) is 63.2 cm³/mol. The molecule has 1 aliphatic rings. The summed E-state index contributed by atoms with van der Waals surface area (Å²) in [4.78, 5) is 11.4. The molecule has 0 aromatic heterocycles. The van der Waals surface area contributed by atoms with Crippen LogP contribution in [-0.2, 0) is 0 Å². The molecule has 2 rings (SSSR count). The van der Waals surface area contributed by atoms with E-state index >= 15 is 0 Å². The summed E-state index contributed by atoms with van der Waals surface area (Å²) in [5.74, 6) is 0.666. The number of carbonyl (C=O) groups excluding carboxylic acids is 1. The van der Waals surface area contributed by atoms with Crippen LogP contribution in [0.5, 0.6) is 0 Å². The first-order chi connectivity index (χ1) is 7.31. The van der Waals surface area contributed by atoms with E-state index in [4.69, 9.17) is 0 Å². The van der Waals surface area contributed by atoms with Crippen molar-refractivity contribution in [2.45, 2.75) is 6.92 Å². The van der Waals surface area contributed by atoms with Gasteiger partial charge in [0.1, 0.15) is 0 Å². The van der Waals surface area contributed by atoms with Crippen LogP contribution in [0, 0.1) is 0 Å². The third-order valence-electron chi connectivity index (χ3n) is 2.19. The summed E-state index contributed by atoms with van der Waals surface area (Å²) >= 11 is 1.31. The second kappa shape index (κ2) is 4.49. The number of carbonyl (C=O) groups is 1. The molecule has 3 nitrogen and oxygen atoms in total. The average Bonchev–Trinajstić information content (AvgIpc) is 2.31. The van der Waals surface area contributed by atoms with Crippen LogP contribution >= 0.6 is 11.8 Å². The summed E-state index contributed by atoms with van der Waals surface area (Å²) in [5, 5.41) is 5.88. The van der Waals surface area contributed by atoms with Crippen molar-refractivity contribution in [1.82, 2.24) is 5.01 Å². The summed E-state index contributed by atoms with van der Waals surface area (Å²) in [5.41, 5.74) is 2.07. The van der Waals surface area contributed by atoms with Crippen molar-refractivity contribution in [3.05, 3.63) is 35.9 Å². The molecule has 0 spiro atoms. The van der Waals surface area contributed by atoms with E-state index in [0.29, 0.717) is 12.3 Å². The van der Waals surface area contributed by atoms with Gasteiger partial charge in [-0.05, 0) is 12.5 Å². The van der Waals surface area contributed by atoms with Gasteiger partial charge in [0.2, 0.25) is 0 Å². The normalized spacial score (nSPS) is 16.5. The Balaban J connectivity index is 2.27. The van der Waals surface area contributed by atoms with Crippen LogP contribution in [0.4, 0.5) is 4.79 Å². The number of hydrogen-bond donors (Lipinski definition) is 0. The number of hydrogen-bond acceptors (Lipinski definition) is 3. The van der Waals surface area contributed by atoms with Gasteiger partial charge in [-0.2, -0.15) is 5.10 Å². The average molecular weight is 220 g/mol. The maximum absolute atomic E-state index is 11.4. The summed E-state index contributed by atoms with van der Waals surface area (Å²) in [6.07, 6.45) is 0. The van der Waals surface area contributed by atoms with E-state index in [2.05, 4.69) is 5.10 Å². The standard InChI is InChI=1S/C11H12N2OS/c1-2-13-11(14)15-8-10(12-13)9-6-4-3-5-7-9/h3-7H,2,8H2,1H3. The number of hydrazone groups is 1. The van der Waals surface area contributed by atoms with Crippen molar-refractivity contribution < 1.29 is 4.79 Å². The van der Waals surface area contributed by atoms with E-state index in [1.807, 2.05) is 37.3 Å². The summed E-state index contributed by atoms with van der Waals surface area (Å²) in [6, 6.07) is 9.97. The zero-order valence-corrected chi connectivity index (χ0v) is 9.33. The first-order valence-electron chi connectivity index (χ1n) is 4.88. The van der Waals surface area contributed by atoms with Gasteiger partial charge in [-0.25, -0.2) is 5.01 Å². The number of rotatable bonds is 2. The molecule has 0 unspecified atom stereocenters. The highest BCUT2D eigenvalue weighted by Crippen LogP contribution is 2.18. The fourth-order valence-electron chi connectivity index (χ4n) is 1.39. The third kappa shape index (κ3) is 2.21. The molecule has 0 aliphatic carbocycles. The molecule has 1 aliphatic heterocycles. The van der Waals surface area contributed by atoms with Gasteiger partial charge in [-0.15, -0.1) is 0 Å². The van der Waals surface area contributed by atoms with Gasteiger partial charge in [0.05, 0.1) is 5.71 Å². The minimum Gasteiger partial charge on any atom is -0.260 e. The molecular formula is C11H12N2OS. The molecule has 1 aromatic rings. The fourth-order valence-corrected chi connectivity index (χ4v) is 2.19. The number of thioether (sulfide) groups is 1. The molecule has 0 fully saturated rings. The molecule has 0 atom stereocenters. The Morgan fingerprint density at radius 2 is 2.13 bits per heavy atom.